The van der Waals surface area contributed by atoms with Crippen molar-refractivity contribution < 1.29 is 13.2 Å². The zero-order valence-corrected chi connectivity index (χ0v) is 14.8. The molecule has 4 nitrogen and oxygen atoms in total. The second-order valence-corrected chi connectivity index (χ2v) is 9.02. The molecule has 0 atom stereocenters. The van der Waals surface area contributed by atoms with Crippen LogP contribution in [-0.4, -0.2) is 32.4 Å². The zero-order chi connectivity index (χ0) is 16.3. The average Bonchev–Trinajstić information content (AvgIpc) is 3.09. The van der Waals surface area contributed by atoms with Gasteiger partial charge in [0, 0.05) is 13.1 Å². The van der Waals surface area contributed by atoms with Gasteiger partial charge in [-0.1, -0.05) is 18.2 Å². The molecule has 1 aromatic carbocycles. The summed E-state index contributed by atoms with van der Waals surface area (Å²) in [7, 11) is -3.30. The molecule has 2 heterocycles. The smallest absolute Gasteiger partial charge is 0.252 e. The monoisotopic (exact) mass is 351 g/mol. The molecule has 0 amide bonds. The number of thiophene rings is 1. The Morgan fingerprint density at radius 2 is 2.00 bits per heavy atom. The van der Waals surface area contributed by atoms with E-state index in [0.29, 0.717) is 29.8 Å². The quantitative estimate of drug-likeness (QED) is 0.828. The number of sulfonamides is 1. The van der Waals surface area contributed by atoms with Gasteiger partial charge in [0.2, 0.25) is 0 Å². The maximum absolute atomic E-state index is 12.5. The zero-order valence-electron chi connectivity index (χ0n) is 13.1. The van der Waals surface area contributed by atoms with Crippen LogP contribution in [0.5, 0.6) is 5.75 Å². The van der Waals surface area contributed by atoms with Crippen molar-refractivity contribution in [3.63, 3.8) is 0 Å². The van der Waals surface area contributed by atoms with Crippen molar-refractivity contribution in [2.75, 3.05) is 19.7 Å². The van der Waals surface area contributed by atoms with Gasteiger partial charge in [-0.15, -0.1) is 11.3 Å². The molecule has 23 heavy (non-hydrogen) atoms. The fraction of sp³-hybridized carbons (Fsp3) is 0.412. The first-order valence-corrected chi connectivity index (χ1v) is 10.1. The molecule has 0 aliphatic carbocycles. The molecule has 0 N–H and O–H groups in total. The summed E-state index contributed by atoms with van der Waals surface area (Å²) in [5.41, 5.74) is 1.18. The number of hydrogen-bond acceptors (Lipinski definition) is 4. The molecule has 3 rings (SSSR count). The number of aryl methyl sites for hydroxylation is 1. The Morgan fingerprint density at radius 1 is 1.22 bits per heavy atom. The van der Waals surface area contributed by atoms with E-state index in [4.69, 9.17) is 4.74 Å². The number of benzene rings is 1. The van der Waals surface area contributed by atoms with E-state index in [9.17, 15) is 8.42 Å². The molecule has 6 heteroatoms. The summed E-state index contributed by atoms with van der Waals surface area (Å²) in [6, 6.07) is 11.5. The average molecular weight is 351 g/mol. The number of nitrogens with zero attached hydrogens (tertiary/aromatic N) is 1. The molecule has 0 spiro atoms. The van der Waals surface area contributed by atoms with Crippen LogP contribution in [0.2, 0.25) is 0 Å². The van der Waals surface area contributed by atoms with Crippen LogP contribution in [0.15, 0.2) is 46.0 Å². The van der Waals surface area contributed by atoms with Crippen LogP contribution in [0.25, 0.3) is 0 Å². The summed E-state index contributed by atoms with van der Waals surface area (Å²) in [5, 5.41) is 1.80. The molecule has 0 saturated carbocycles. The molecule has 1 aliphatic rings. The van der Waals surface area contributed by atoms with Gasteiger partial charge in [0.1, 0.15) is 9.96 Å². The molecular weight excluding hydrogens is 330 g/mol. The Labute approximate surface area is 141 Å². The van der Waals surface area contributed by atoms with Crippen LogP contribution in [0, 0.1) is 12.8 Å². The Balaban J connectivity index is 1.53. The van der Waals surface area contributed by atoms with Crippen molar-refractivity contribution in [3.8, 4) is 5.75 Å². The van der Waals surface area contributed by atoms with Crippen molar-refractivity contribution in [3.05, 3.63) is 47.3 Å². The molecule has 2 aromatic rings. The summed E-state index contributed by atoms with van der Waals surface area (Å²) >= 11 is 1.28. The lowest BCUT2D eigenvalue weighted by Crippen LogP contribution is -2.39. The van der Waals surface area contributed by atoms with E-state index in [0.717, 1.165) is 18.6 Å². The summed E-state index contributed by atoms with van der Waals surface area (Å²) in [4.78, 5) is 0. The highest BCUT2D eigenvalue weighted by molar-refractivity contribution is 7.91. The lowest BCUT2D eigenvalue weighted by molar-refractivity contribution is 0.185. The number of rotatable bonds is 5. The standard InChI is InChI=1S/C17H21NO3S2/c1-14-4-2-5-16(12-14)21-13-15-7-9-18(10-8-15)23(19,20)17-6-3-11-22-17/h2-6,11-12,15H,7-10,13H2,1H3. The third-order valence-electron chi connectivity index (χ3n) is 4.14. The minimum atomic E-state index is -3.30. The molecule has 1 aliphatic heterocycles. The van der Waals surface area contributed by atoms with Gasteiger partial charge in [0.15, 0.2) is 0 Å². The van der Waals surface area contributed by atoms with Gasteiger partial charge in [-0.05, 0) is 54.8 Å². The van der Waals surface area contributed by atoms with E-state index < -0.39 is 10.0 Å². The van der Waals surface area contributed by atoms with Crippen LogP contribution in [-0.2, 0) is 10.0 Å². The minimum Gasteiger partial charge on any atom is -0.493 e. The highest BCUT2D eigenvalue weighted by atomic mass is 32.2. The van der Waals surface area contributed by atoms with Crippen LogP contribution in [0.4, 0.5) is 0 Å². The molecule has 1 fully saturated rings. The lowest BCUT2D eigenvalue weighted by Gasteiger charge is -2.30. The normalized spacial score (nSPS) is 17.3. The van der Waals surface area contributed by atoms with Crippen molar-refractivity contribution in [1.29, 1.82) is 0 Å². The molecule has 1 saturated heterocycles. The molecule has 0 unspecified atom stereocenters. The van der Waals surface area contributed by atoms with Crippen LogP contribution in [0.1, 0.15) is 18.4 Å². The van der Waals surface area contributed by atoms with E-state index in [1.54, 1.807) is 21.8 Å². The van der Waals surface area contributed by atoms with Crippen LogP contribution < -0.4 is 4.74 Å². The minimum absolute atomic E-state index is 0.408. The Hall–Kier alpha value is -1.37. The van der Waals surface area contributed by atoms with E-state index in [1.165, 1.54) is 16.9 Å². The summed E-state index contributed by atoms with van der Waals surface area (Å²) in [6.07, 6.45) is 1.69. The van der Waals surface area contributed by atoms with E-state index in [2.05, 4.69) is 0 Å². The third kappa shape index (κ3) is 3.94. The molecule has 1 aromatic heterocycles. The van der Waals surface area contributed by atoms with Gasteiger partial charge in [-0.2, -0.15) is 4.31 Å². The van der Waals surface area contributed by atoms with Gasteiger partial charge in [-0.25, -0.2) is 8.42 Å². The second-order valence-electron chi connectivity index (χ2n) is 5.91. The summed E-state index contributed by atoms with van der Waals surface area (Å²) in [6.45, 7) is 3.83. The van der Waals surface area contributed by atoms with Gasteiger partial charge in [0.05, 0.1) is 6.61 Å². The Kier molecular flexibility index (Phi) is 5.04. The molecular formula is C17H21NO3S2. The first kappa shape index (κ1) is 16.5. The number of piperidine rings is 1. The van der Waals surface area contributed by atoms with Crippen molar-refractivity contribution in [2.24, 2.45) is 5.92 Å². The van der Waals surface area contributed by atoms with Gasteiger partial charge >= 0.3 is 0 Å². The number of hydrogen-bond donors (Lipinski definition) is 0. The fourth-order valence-electron chi connectivity index (χ4n) is 2.77. The fourth-order valence-corrected chi connectivity index (χ4v) is 5.39. The van der Waals surface area contributed by atoms with Gasteiger partial charge < -0.3 is 4.74 Å². The van der Waals surface area contributed by atoms with Crippen molar-refractivity contribution in [1.82, 2.24) is 4.31 Å². The van der Waals surface area contributed by atoms with Crippen molar-refractivity contribution >= 4 is 21.4 Å². The maximum atomic E-state index is 12.5. The maximum Gasteiger partial charge on any atom is 0.252 e. The molecule has 0 bridgehead atoms. The summed E-state index contributed by atoms with van der Waals surface area (Å²) < 4.78 is 32.8. The van der Waals surface area contributed by atoms with Crippen molar-refractivity contribution in [2.45, 2.75) is 24.0 Å². The predicted octanol–water partition coefficient (Wildman–Crippen LogP) is 3.54. The van der Waals surface area contributed by atoms with Crippen LogP contribution in [0.3, 0.4) is 0 Å². The van der Waals surface area contributed by atoms with E-state index in [1.807, 2.05) is 31.2 Å². The van der Waals surface area contributed by atoms with Crippen LogP contribution >= 0.6 is 11.3 Å². The van der Waals surface area contributed by atoms with E-state index in [-0.39, 0.29) is 0 Å². The first-order valence-electron chi connectivity index (χ1n) is 7.79. The Bertz CT molecular complexity index is 733. The lowest BCUT2D eigenvalue weighted by atomic mass is 9.99. The van der Waals surface area contributed by atoms with E-state index >= 15 is 0 Å². The molecule has 124 valence electrons. The largest absolute Gasteiger partial charge is 0.493 e. The SMILES string of the molecule is Cc1cccc(OCC2CCN(S(=O)(=O)c3cccs3)CC2)c1. The third-order valence-corrected chi connectivity index (χ3v) is 7.41. The van der Waals surface area contributed by atoms with Gasteiger partial charge in [-0.3, -0.25) is 0 Å². The number of ether oxygens (including phenoxy) is 1. The van der Waals surface area contributed by atoms with Gasteiger partial charge in [0.25, 0.3) is 10.0 Å². The second kappa shape index (κ2) is 7.03. The highest BCUT2D eigenvalue weighted by Crippen LogP contribution is 2.26. The Morgan fingerprint density at radius 3 is 2.65 bits per heavy atom. The molecule has 0 radical (unpaired) electrons. The first-order chi connectivity index (χ1) is 11.1. The predicted molar refractivity (Wildman–Crippen MR) is 92.5 cm³/mol. The topological polar surface area (TPSA) is 46.6 Å². The summed E-state index contributed by atoms with van der Waals surface area (Å²) in [5.74, 6) is 1.30. The highest BCUT2D eigenvalue weighted by Gasteiger charge is 2.30.